The van der Waals surface area contributed by atoms with Crippen molar-refractivity contribution in [2.75, 3.05) is 13.2 Å². The van der Waals surface area contributed by atoms with Crippen LogP contribution in [0.3, 0.4) is 0 Å². The molecule has 1 atom stereocenters. The smallest absolute Gasteiger partial charge is 0.355 e. The normalized spacial score (nSPS) is 12.0. The van der Waals surface area contributed by atoms with Crippen molar-refractivity contribution < 1.29 is 23.5 Å². The maximum atomic E-state index is 13.8. The SMILES string of the molecule is CCOC(=O)c1c(C)c(C(=O)C(C)N(CCC(C)C)C(=O)c2cccc(F)c2)c(C)n1CC. The number of hydrogen-bond acceptors (Lipinski definition) is 4. The molecule has 1 aromatic carbocycles. The molecule has 1 aromatic heterocycles. The zero-order valence-electron chi connectivity index (χ0n) is 20.7. The molecule has 1 heterocycles. The van der Waals surface area contributed by atoms with Crippen molar-refractivity contribution >= 4 is 17.7 Å². The van der Waals surface area contributed by atoms with E-state index in [0.29, 0.717) is 47.9 Å². The van der Waals surface area contributed by atoms with Gasteiger partial charge in [-0.05, 0) is 70.7 Å². The Bertz CT molecular complexity index is 1030. The van der Waals surface area contributed by atoms with Crippen LogP contribution in [0.2, 0.25) is 0 Å². The molecule has 7 heteroatoms. The molecule has 0 radical (unpaired) electrons. The fourth-order valence-electron chi connectivity index (χ4n) is 4.12. The lowest BCUT2D eigenvalue weighted by Gasteiger charge is -2.29. The number of hydrogen-bond donors (Lipinski definition) is 0. The second-order valence-electron chi connectivity index (χ2n) is 8.63. The van der Waals surface area contributed by atoms with Gasteiger partial charge in [0.1, 0.15) is 11.5 Å². The fourth-order valence-corrected chi connectivity index (χ4v) is 4.12. The second-order valence-corrected chi connectivity index (χ2v) is 8.63. The van der Waals surface area contributed by atoms with Gasteiger partial charge in [0, 0.05) is 29.9 Å². The number of aromatic nitrogens is 1. The van der Waals surface area contributed by atoms with E-state index in [-0.39, 0.29) is 18.0 Å². The summed E-state index contributed by atoms with van der Waals surface area (Å²) in [5, 5.41) is 0. The summed E-state index contributed by atoms with van der Waals surface area (Å²) in [5.41, 5.74) is 2.19. The molecular formula is C26H35FN2O4. The molecule has 0 saturated heterocycles. The van der Waals surface area contributed by atoms with E-state index in [2.05, 4.69) is 0 Å². The van der Waals surface area contributed by atoms with Gasteiger partial charge in [-0.25, -0.2) is 9.18 Å². The van der Waals surface area contributed by atoms with Crippen LogP contribution in [0.4, 0.5) is 4.39 Å². The van der Waals surface area contributed by atoms with Gasteiger partial charge in [-0.1, -0.05) is 19.9 Å². The third kappa shape index (κ3) is 5.70. The minimum Gasteiger partial charge on any atom is -0.461 e. The molecule has 0 aliphatic heterocycles. The van der Waals surface area contributed by atoms with Gasteiger partial charge >= 0.3 is 5.97 Å². The molecule has 0 saturated carbocycles. The number of carbonyl (C=O) groups is 3. The molecule has 0 N–H and O–H groups in total. The maximum Gasteiger partial charge on any atom is 0.355 e. The highest BCUT2D eigenvalue weighted by atomic mass is 19.1. The zero-order valence-corrected chi connectivity index (χ0v) is 20.7. The van der Waals surface area contributed by atoms with Gasteiger partial charge in [-0.2, -0.15) is 0 Å². The first-order valence-corrected chi connectivity index (χ1v) is 11.5. The van der Waals surface area contributed by atoms with Crippen LogP contribution >= 0.6 is 0 Å². The fraction of sp³-hybridized carbons (Fsp3) is 0.500. The zero-order chi connectivity index (χ0) is 24.9. The molecule has 0 bridgehead atoms. The molecule has 33 heavy (non-hydrogen) atoms. The van der Waals surface area contributed by atoms with E-state index in [4.69, 9.17) is 4.74 Å². The average Bonchev–Trinajstić information content (AvgIpc) is 3.02. The highest BCUT2D eigenvalue weighted by Crippen LogP contribution is 2.26. The lowest BCUT2D eigenvalue weighted by molar-refractivity contribution is 0.0512. The van der Waals surface area contributed by atoms with Gasteiger partial charge in [0.2, 0.25) is 0 Å². The molecule has 1 amide bonds. The molecular weight excluding hydrogens is 423 g/mol. The third-order valence-corrected chi connectivity index (χ3v) is 5.92. The van der Waals surface area contributed by atoms with Crippen LogP contribution in [-0.4, -0.2) is 46.3 Å². The Morgan fingerprint density at radius 3 is 2.33 bits per heavy atom. The van der Waals surface area contributed by atoms with Gasteiger partial charge in [0.25, 0.3) is 5.91 Å². The van der Waals surface area contributed by atoms with E-state index >= 15 is 0 Å². The summed E-state index contributed by atoms with van der Waals surface area (Å²) in [5.74, 6) is -1.31. The molecule has 2 rings (SSSR count). The first-order chi connectivity index (χ1) is 15.5. The van der Waals surface area contributed by atoms with Gasteiger partial charge in [0.15, 0.2) is 5.78 Å². The molecule has 0 spiro atoms. The molecule has 2 aromatic rings. The van der Waals surface area contributed by atoms with Crippen LogP contribution in [0.1, 0.15) is 83.5 Å². The lowest BCUT2D eigenvalue weighted by atomic mass is 9.98. The summed E-state index contributed by atoms with van der Waals surface area (Å²) in [4.78, 5) is 41.1. The molecule has 6 nitrogen and oxygen atoms in total. The first kappa shape index (κ1) is 26.3. The van der Waals surface area contributed by atoms with Crippen molar-refractivity contribution in [3.63, 3.8) is 0 Å². The topological polar surface area (TPSA) is 68.6 Å². The van der Waals surface area contributed by atoms with Crippen molar-refractivity contribution in [3.8, 4) is 0 Å². The van der Waals surface area contributed by atoms with Crippen LogP contribution in [0.5, 0.6) is 0 Å². The van der Waals surface area contributed by atoms with Gasteiger partial charge in [-0.15, -0.1) is 0 Å². The number of ketones is 1. The summed E-state index contributed by atoms with van der Waals surface area (Å²) in [6.07, 6.45) is 0.695. The molecule has 180 valence electrons. The number of halogens is 1. The number of benzene rings is 1. The quantitative estimate of drug-likeness (QED) is 0.362. The van der Waals surface area contributed by atoms with E-state index in [0.717, 1.165) is 0 Å². The van der Waals surface area contributed by atoms with Crippen LogP contribution in [0.15, 0.2) is 24.3 Å². The van der Waals surface area contributed by atoms with E-state index < -0.39 is 23.7 Å². The highest BCUT2D eigenvalue weighted by molar-refractivity contribution is 6.07. The predicted octanol–water partition coefficient (Wildman–Crippen LogP) is 5.20. The number of nitrogens with zero attached hydrogens (tertiary/aromatic N) is 2. The number of Topliss-reactive ketones (excluding diaryl/α,β-unsaturated/α-hetero) is 1. The molecule has 1 unspecified atom stereocenters. The third-order valence-electron chi connectivity index (χ3n) is 5.92. The van der Waals surface area contributed by atoms with Gasteiger partial charge < -0.3 is 14.2 Å². The maximum absolute atomic E-state index is 13.8. The molecule has 0 aliphatic rings. The Morgan fingerprint density at radius 1 is 1.12 bits per heavy atom. The lowest BCUT2D eigenvalue weighted by Crippen LogP contribution is -2.44. The van der Waals surface area contributed by atoms with Crippen LogP contribution in [0, 0.1) is 25.6 Å². The van der Waals surface area contributed by atoms with Crippen molar-refractivity contribution in [1.29, 1.82) is 0 Å². The predicted molar refractivity (Wildman–Crippen MR) is 126 cm³/mol. The standard InChI is InChI=1S/C26H35FN2O4/c1-8-28-18(6)22(17(5)23(28)26(32)33-9-2)24(30)19(7)29(14-13-16(3)4)25(31)20-11-10-12-21(27)15-20/h10-12,15-16,19H,8-9,13-14H2,1-7H3. The Balaban J connectivity index is 2.50. The summed E-state index contributed by atoms with van der Waals surface area (Å²) < 4.78 is 20.8. The summed E-state index contributed by atoms with van der Waals surface area (Å²) in [7, 11) is 0. The van der Waals surface area contributed by atoms with Crippen molar-refractivity contribution in [1.82, 2.24) is 9.47 Å². The van der Waals surface area contributed by atoms with E-state index in [9.17, 15) is 18.8 Å². The number of rotatable bonds is 10. The largest absolute Gasteiger partial charge is 0.461 e. The summed E-state index contributed by atoms with van der Waals surface area (Å²) >= 11 is 0. The molecule has 0 fully saturated rings. The Morgan fingerprint density at radius 2 is 1.79 bits per heavy atom. The van der Waals surface area contributed by atoms with Gasteiger partial charge in [-0.3, -0.25) is 9.59 Å². The molecule has 0 aliphatic carbocycles. The van der Waals surface area contributed by atoms with E-state index in [1.54, 1.807) is 38.3 Å². The number of esters is 1. The van der Waals surface area contributed by atoms with Crippen LogP contribution in [0.25, 0.3) is 0 Å². The highest BCUT2D eigenvalue weighted by Gasteiger charge is 2.33. The van der Waals surface area contributed by atoms with Crippen molar-refractivity contribution in [3.05, 3.63) is 58.2 Å². The monoisotopic (exact) mass is 458 g/mol. The average molecular weight is 459 g/mol. The second kappa shape index (κ2) is 11.3. The number of amides is 1. The summed E-state index contributed by atoms with van der Waals surface area (Å²) in [6.45, 7) is 14.0. The first-order valence-electron chi connectivity index (χ1n) is 11.5. The van der Waals surface area contributed by atoms with E-state index in [1.807, 2.05) is 20.8 Å². The van der Waals surface area contributed by atoms with Crippen molar-refractivity contribution in [2.24, 2.45) is 5.92 Å². The number of carbonyl (C=O) groups excluding carboxylic acids is 3. The Hall–Kier alpha value is -2.96. The van der Waals surface area contributed by atoms with E-state index in [1.165, 1.54) is 23.1 Å². The van der Waals surface area contributed by atoms with Crippen molar-refractivity contribution in [2.45, 2.75) is 67.5 Å². The summed E-state index contributed by atoms with van der Waals surface area (Å²) in [6, 6.07) is 4.70. The van der Waals surface area contributed by atoms with Gasteiger partial charge in [0.05, 0.1) is 12.6 Å². The van der Waals surface area contributed by atoms with Crippen LogP contribution in [-0.2, 0) is 11.3 Å². The Labute approximate surface area is 195 Å². The Kier molecular flexibility index (Phi) is 8.97. The number of ether oxygens (including phenoxy) is 1. The van der Waals surface area contributed by atoms with Crippen LogP contribution < -0.4 is 0 Å². The minimum atomic E-state index is -0.792. The minimum absolute atomic E-state index is 0.199.